The highest BCUT2D eigenvalue weighted by molar-refractivity contribution is 6.09. The molecule has 0 atom stereocenters. The molecule has 5 rings (SSSR count). The molecule has 5 aromatic carbocycles. The number of carbonyl (C=O) groups excluding carboxylic acids is 2. The number of hydrogen-bond acceptors (Lipinski definition) is 3. The van der Waals surface area contributed by atoms with Crippen molar-refractivity contribution in [3.05, 3.63) is 150 Å². The Labute approximate surface area is 228 Å². The van der Waals surface area contributed by atoms with Gasteiger partial charge < -0.3 is 15.0 Å². The normalized spacial score (nSPS) is 10.5. The Morgan fingerprint density at radius 2 is 1.31 bits per heavy atom. The zero-order chi connectivity index (χ0) is 27.0. The van der Waals surface area contributed by atoms with E-state index in [1.165, 1.54) is 0 Å². The van der Waals surface area contributed by atoms with E-state index in [1.807, 2.05) is 109 Å². The number of amides is 2. The SMILES string of the molecule is CN(C(=O)c1ccc(NC(=O)c2ccccc2-c2ccccc2)cc1)c1ccccc1OCc1ccccc1. The Balaban J connectivity index is 1.28. The highest BCUT2D eigenvalue weighted by Gasteiger charge is 2.18. The molecule has 39 heavy (non-hydrogen) atoms. The smallest absolute Gasteiger partial charge is 0.258 e. The lowest BCUT2D eigenvalue weighted by molar-refractivity contribution is 0.0990. The van der Waals surface area contributed by atoms with Crippen molar-refractivity contribution in [1.82, 2.24) is 0 Å². The lowest BCUT2D eigenvalue weighted by Crippen LogP contribution is -2.26. The largest absolute Gasteiger partial charge is 0.487 e. The molecule has 0 heterocycles. The van der Waals surface area contributed by atoms with Gasteiger partial charge in [0.2, 0.25) is 0 Å². The van der Waals surface area contributed by atoms with Crippen LogP contribution in [0.4, 0.5) is 11.4 Å². The summed E-state index contributed by atoms with van der Waals surface area (Å²) in [6, 6.07) is 41.6. The second kappa shape index (κ2) is 11.9. The molecule has 0 aromatic heterocycles. The van der Waals surface area contributed by atoms with Crippen LogP contribution in [0.2, 0.25) is 0 Å². The molecule has 5 nitrogen and oxygen atoms in total. The first-order chi connectivity index (χ1) is 19.1. The minimum atomic E-state index is -0.213. The predicted molar refractivity (Wildman–Crippen MR) is 156 cm³/mol. The molecule has 0 unspecified atom stereocenters. The molecule has 5 heteroatoms. The van der Waals surface area contributed by atoms with Gasteiger partial charge >= 0.3 is 0 Å². The van der Waals surface area contributed by atoms with Gasteiger partial charge in [0.05, 0.1) is 5.69 Å². The van der Waals surface area contributed by atoms with Gasteiger partial charge in [-0.3, -0.25) is 9.59 Å². The van der Waals surface area contributed by atoms with Crippen molar-refractivity contribution in [1.29, 1.82) is 0 Å². The van der Waals surface area contributed by atoms with E-state index in [1.54, 1.807) is 36.2 Å². The van der Waals surface area contributed by atoms with Crippen LogP contribution in [-0.2, 0) is 6.61 Å². The summed E-state index contributed by atoms with van der Waals surface area (Å²) in [6.45, 7) is 0.404. The maximum absolute atomic E-state index is 13.3. The van der Waals surface area contributed by atoms with E-state index in [0.29, 0.717) is 34.9 Å². The number of hydrogen-bond donors (Lipinski definition) is 1. The summed E-state index contributed by atoms with van der Waals surface area (Å²) in [4.78, 5) is 28.0. The third-order valence-corrected chi connectivity index (χ3v) is 6.41. The van der Waals surface area contributed by atoms with Crippen molar-refractivity contribution in [2.75, 3.05) is 17.3 Å². The zero-order valence-corrected chi connectivity index (χ0v) is 21.6. The number of benzene rings is 5. The summed E-state index contributed by atoms with van der Waals surface area (Å²) in [7, 11) is 1.73. The molecule has 0 saturated carbocycles. The van der Waals surface area contributed by atoms with E-state index >= 15 is 0 Å². The Morgan fingerprint density at radius 1 is 0.692 bits per heavy atom. The zero-order valence-electron chi connectivity index (χ0n) is 21.6. The van der Waals surface area contributed by atoms with Gasteiger partial charge in [-0.15, -0.1) is 0 Å². The van der Waals surface area contributed by atoms with Crippen LogP contribution < -0.4 is 15.0 Å². The van der Waals surface area contributed by atoms with Crippen LogP contribution >= 0.6 is 0 Å². The van der Waals surface area contributed by atoms with Crippen LogP contribution in [0.25, 0.3) is 11.1 Å². The molecule has 0 aliphatic carbocycles. The fourth-order valence-electron chi connectivity index (χ4n) is 4.34. The van der Waals surface area contributed by atoms with Crippen LogP contribution in [0.3, 0.4) is 0 Å². The molecule has 0 aliphatic rings. The number of para-hydroxylation sites is 2. The third kappa shape index (κ3) is 6.05. The van der Waals surface area contributed by atoms with Gasteiger partial charge in [-0.25, -0.2) is 0 Å². The fraction of sp³-hybridized carbons (Fsp3) is 0.0588. The second-order valence-corrected chi connectivity index (χ2v) is 9.05. The molecule has 0 bridgehead atoms. The van der Waals surface area contributed by atoms with Crippen molar-refractivity contribution in [3.63, 3.8) is 0 Å². The maximum Gasteiger partial charge on any atom is 0.258 e. The summed E-state index contributed by atoms with van der Waals surface area (Å²) in [5.41, 5.74) is 5.23. The van der Waals surface area contributed by atoms with Gasteiger partial charge in [-0.2, -0.15) is 0 Å². The summed E-state index contributed by atoms with van der Waals surface area (Å²) >= 11 is 0. The molecule has 192 valence electrons. The average molecular weight is 513 g/mol. The average Bonchev–Trinajstić information content (AvgIpc) is 3.01. The molecule has 0 saturated heterocycles. The van der Waals surface area contributed by atoms with E-state index in [9.17, 15) is 9.59 Å². The minimum absolute atomic E-state index is 0.182. The van der Waals surface area contributed by atoms with Gasteiger partial charge in [0.15, 0.2) is 0 Å². The Kier molecular flexibility index (Phi) is 7.79. The van der Waals surface area contributed by atoms with Gasteiger partial charge in [-0.05, 0) is 59.2 Å². The third-order valence-electron chi connectivity index (χ3n) is 6.41. The maximum atomic E-state index is 13.3. The molecule has 5 aromatic rings. The molecular formula is C34H28N2O3. The summed E-state index contributed by atoms with van der Waals surface area (Å²) in [5.74, 6) is 0.228. The molecule has 0 aliphatic heterocycles. The first-order valence-electron chi connectivity index (χ1n) is 12.7. The topological polar surface area (TPSA) is 58.6 Å². The van der Waals surface area contributed by atoms with Crippen molar-refractivity contribution in [3.8, 4) is 16.9 Å². The number of ether oxygens (including phenoxy) is 1. The quantitative estimate of drug-likeness (QED) is 0.235. The van der Waals surface area contributed by atoms with Gasteiger partial charge in [-0.1, -0.05) is 91.0 Å². The standard InChI is InChI=1S/C34H28N2O3/c1-36(31-18-10-11-19-32(31)39-24-25-12-4-2-5-13-25)34(38)27-20-22-28(23-21-27)35-33(37)30-17-9-8-16-29(30)26-14-6-3-7-15-26/h2-23H,24H2,1H3,(H,35,37). The molecule has 1 N–H and O–H groups in total. The number of nitrogens with zero attached hydrogens (tertiary/aromatic N) is 1. The van der Waals surface area contributed by atoms with E-state index in [2.05, 4.69) is 5.32 Å². The van der Waals surface area contributed by atoms with Crippen molar-refractivity contribution in [2.45, 2.75) is 6.61 Å². The van der Waals surface area contributed by atoms with Crippen LogP contribution in [0.15, 0.2) is 133 Å². The van der Waals surface area contributed by atoms with Gasteiger partial charge in [0.1, 0.15) is 12.4 Å². The Hall–Kier alpha value is -5.16. The number of nitrogens with one attached hydrogen (secondary N) is 1. The van der Waals surface area contributed by atoms with Crippen molar-refractivity contribution < 1.29 is 14.3 Å². The van der Waals surface area contributed by atoms with Gasteiger partial charge in [0.25, 0.3) is 11.8 Å². The van der Waals surface area contributed by atoms with Crippen molar-refractivity contribution >= 4 is 23.2 Å². The van der Waals surface area contributed by atoms with Crippen molar-refractivity contribution in [2.24, 2.45) is 0 Å². The molecule has 0 spiro atoms. The van der Waals surface area contributed by atoms with Crippen LogP contribution in [0.1, 0.15) is 26.3 Å². The summed E-state index contributed by atoms with van der Waals surface area (Å²) in [5, 5.41) is 2.95. The summed E-state index contributed by atoms with van der Waals surface area (Å²) < 4.78 is 6.04. The second-order valence-electron chi connectivity index (χ2n) is 9.05. The molecule has 0 radical (unpaired) electrons. The van der Waals surface area contributed by atoms with Crippen LogP contribution in [-0.4, -0.2) is 18.9 Å². The number of anilines is 2. The molecular weight excluding hydrogens is 484 g/mol. The number of carbonyl (C=O) groups is 2. The predicted octanol–water partition coefficient (Wildman–Crippen LogP) is 7.46. The first kappa shape index (κ1) is 25.5. The Bertz CT molecular complexity index is 1570. The monoisotopic (exact) mass is 512 g/mol. The minimum Gasteiger partial charge on any atom is -0.487 e. The fourth-order valence-corrected chi connectivity index (χ4v) is 4.34. The van der Waals surface area contributed by atoms with Crippen LogP contribution in [0, 0.1) is 0 Å². The Morgan fingerprint density at radius 3 is 2.05 bits per heavy atom. The lowest BCUT2D eigenvalue weighted by Gasteiger charge is -2.21. The van der Waals surface area contributed by atoms with Gasteiger partial charge in [0, 0.05) is 23.9 Å². The van der Waals surface area contributed by atoms with E-state index in [4.69, 9.17) is 4.74 Å². The first-order valence-corrected chi connectivity index (χ1v) is 12.7. The highest BCUT2D eigenvalue weighted by atomic mass is 16.5. The van der Waals surface area contributed by atoms with E-state index < -0.39 is 0 Å². The van der Waals surface area contributed by atoms with E-state index in [0.717, 1.165) is 16.7 Å². The molecule has 0 fully saturated rings. The molecule has 2 amide bonds. The van der Waals surface area contributed by atoms with E-state index in [-0.39, 0.29) is 11.8 Å². The number of rotatable bonds is 8. The lowest BCUT2D eigenvalue weighted by atomic mass is 9.99. The van der Waals surface area contributed by atoms with Crippen LogP contribution in [0.5, 0.6) is 5.75 Å². The highest BCUT2D eigenvalue weighted by Crippen LogP contribution is 2.29. The summed E-state index contributed by atoms with van der Waals surface area (Å²) in [6.07, 6.45) is 0.